The molecule has 27 heavy (non-hydrogen) atoms. The Morgan fingerprint density at radius 2 is 1.81 bits per heavy atom. The van der Waals surface area contributed by atoms with E-state index in [9.17, 15) is 14.0 Å². The number of ketones is 1. The minimum Gasteiger partial charge on any atom is -0.381 e. The van der Waals surface area contributed by atoms with Crippen molar-refractivity contribution in [2.75, 3.05) is 19.8 Å². The summed E-state index contributed by atoms with van der Waals surface area (Å²) in [6, 6.07) is 9.79. The Hall–Kier alpha value is -1.76. The molecule has 1 aliphatic rings. The highest BCUT2D eigenvalue weighted by Crippen LogP contribution is 2.34. The molecule has 2 heterocycles. The lowest BCUT2D eigenvalue weighted by molar-refractivity contribution is -0.121. The highest BCUT2D eigenvalue weighted by Gasteiger charge is 2.34. The number of carbonyl (C=O) groups excluding carboxylic acids is 2. The molecule has 4 nitrogen and oxygen atoms in total. The first-order chi connectivity index (χ1) is 13.0. The first-order valence-electron chi connectivity index (χ1n) is 8.88. The molecule has 0 spiro atoms. The predicted molar refractivity (Wildman–Crippen MR) is 104 cm³/mol. The molecule has 3 rings (SSSR count). The Bertz CT molecular complexity index is 800. The fourth-order valence-corrected chi connectivity index (χ4v) is 4.31. The third kappa shape index (κ3) is 5.15. The summed E-state index contributed by atoms with van der Waals surface area (Å²) in [6.07, 6.45) is 1.79. The number of benzene rings is 1. The second-order valence-electron chi connectivity index (χ2n) is 6.70. The maximum Gasteiger partial charge on any atom is 0.220 e. The van der Waals surface area contributed by atoms with Gasteiger partial charge >= 0.3 is 0 Å². The minimum absolute atomic E-state index is 0.0821. The molecule has 144 valence electrons. The molecule has 1 N–H and O–H groups in total. The number of amides is 1. The van der Waals surface area contributed by atoms with Crippen LogP contribution in [0.3, 0.4) is 0 Å². The first kappa shape index (κ1) is 20.0. The summed E-state index contributed by atoms with van der Waals surface area (Å²) >= 11 is 7.06. The highest BCUT2D eigenvalue weighted by atomic mass is 35.5. The Morgan fingerprint density at radius 3 is 2.44 bits per heavy atom. The molecule has 2 aromatic rings. The summed E-state index contributed by atoms with van der Waals surface area (Å²) in [6.45, 7) is 1.65. The number of thiophene rings is 1. The number of halogens is 2. The second kappa shape index (κ2) is 8.95. The van der Waals surface area contributed by atoms with Gasteiger partial charge in [0.15, 0.2) is 5.78 Å². The van der Waals surface area contributed by atoms with Crippen molar-refractivity contribution in [3.8, 4) is 0 Å². The Balaban J connectivity index is 1.57. The van der Waals surface area contributed by atoms with Crippen molar-refractivity contribution in [2.45, 2.75) is 31.1 Å². The number of nitrogens with one attached hydrogen (secondary N) is 1. The van der Waals surface area contributed by atoms with Crippen molar-refractivity contribution >= 4 is 34.6 Å². The Labute approximate surface area is 166 Å². The van der Waals surface area contributed by atoms with Crippen molar-refractivity contribution in [2.24, 2.45) is 0 Å². The molecule has 1 aromatic heterocycles. The van der Waals surface area contributed by atoms with E-state index in [4.69, 9.17) is 16.3 Å². The summed E-state index contributed by atoms with van der Waals surface area (Å²) in [5.74, 6) is -0.530. The second-order valence-corrected chi connectivity index (χ2v) is 8.42. The van der Waals surface area contributed by atoms with E-state index in [1.165, 1.54) is 23.5 Å². The van der Waals surface area contributed by atoms with Gasteiger partial charge in [0, 0.05) is 38.0 Å². The van der Waals surface area contributed by atoms with Gasteiger partial charge in [-0.05, 0) is 42.7 Å². The predicted octanol–water partition coefficient (Wildman–Crippen LogP) is 4.37. The summed E-state index contributed by atoms with van der Waals surface area (Å²) < 4.78 is 19.3. The number of ether oxygens (including phenoxy) is 1. The molecule has 0 aliphatic carbocycles. The zero-order valence-corrected chi connectivity index (χ0v) is 16.4. The van der Waals surface area contributed by atoms with Crippen molar-refractivity contribution in [1.29, 1.82) is 0 Å². The molecule has 7 heteroatoms. The van der Waals surface area contributed by atoms with Crippen LogP contribution in [0.5, 0.6) is 0 Å². The normalized spacial score (nSPS) is 16.1. The Kier molecular flexibility index (Phi) is 6.63. The third-order valence-electron chi connectivity index (χ3n) is 4.96. The molecule has 1 saturated heterocycles. The summed E-state index contributed by atoms with van der Waals surface area (Å²) in [4.78, 5) is 25.0. The average molecular weight is 410 g/mol. The van der Waals surface area contributed by atoms with Crippen LogP contribution in [-0.4, -0.2) is 31.4 Å². The fraction of sp³-hybridized carbons (Fsp3) is 0.400. The van der Waals surface area contributed by atoms with Crippen LogP contribution < -0.4 is 5.32 Å². The van der Waals surface area contributed by atoms with E-state index in [1.54, 1.807) is 24.3 Å². The summed E-state index contributed by atoms with van der Waals surface area (Å²) in [5.41, 5.74) is 0.726. The third-order valence-corrected chi connectivity index (χ3v) is 6.23. The van der Waals surface area contributed by atoms with Crippen LogP contribution in [0, 0.1) is 5.82 Å². The highest BCUT2D eigenvalue weighted by molar-refractivity contribution is 7.18. The van der Waals surface area contributed by atoms with Crippen LogP contribution >= 0.6 is 22.9 Å². The van der Waals surface area contributed by atoms with Crippen LogP contribution in [0.2, 0.25) is 4.34 Å². The van der Waals surface area contributed by atoms with Gasteiger partial charge < -0.3 is 10.1 Å². The van der Waals surface area contributed by atoms with Crippen LogP contribution in [0.1, 0.15) is 40.9 Å². The molecule has 1 amide bonds. The molecular formula is C20H21ClFNO3S. The van der Waals surface area contributed by atoms with Gasteiger partial charge in [0.25, 0.3) is 0 Å². The Morgan fingerprint density at radius 1 is 1.11 bits per heavy atom. The quantitative estimate of drug-likeness (QED) is 0.691. The zero-order chi connectivity index (χ0) is 19.3. The van der Waals surface area contributed by atoms with Crippen LogP contribution in [0.4, 0.5) is 4.39 Å². The monoisotopic (exact) mass is 409 g/mol. The number of Topliss-reactive ketones (excluding diaryl/α,β-unsaturated/α-hetero) is 1. The smallest absolute Gasteiger partial charge is 0.220 e. The molecule has 0 radical (unpaired) electrons. The van der Waals surface area contributed by atoms with Gasteiger partial charge in [0.05, 0.1) is 9.21 Å². The van der Waals surface area contributed by atoms with Crippen molar-refractivity contribution < 1.29 is 18.7 Å². The van der Waals surface area contributed by atoms with E-state index in [-0.39, 0.29) is 35.8 Å². The van der Waals surface area contributed by atoms with Gasteiger partial charge in [-0.1, -0.05) is 23.7 Å². The van der Waals surface area contributed by atoms with Crippen LogP contribution in [-0.2, 0) is 14.9 Å². The average Bonchev–Trinajstić information content (AvgIpc) is 3.12. The largest absolute Gasteiger partial charge is 0.381 e. The van der Waals surface area contributed by atoms with Crippen molar-refractivity contribution in [3.05, 3.63) is 57.0 Å². The molecule has 1 fully saturated rings. The number of hydrogen-bond acceptors (Lipinski definition) is 4. The van der Waals surface area contributed by atoms with Gasteiger partial charge in [-0.25, -0.2) is 4.39 Å². The number of carbonyl (C=O) groups is 2. The molecule has 0 unspecified atom stereocenters. The van der Waals surface area contributed by atoms with Gasteiger partial charge in [-0.3, -0.25) is 9.59 Å². The van der Waals surface area contributed by atoms with Gasteiger partial charge in [0.2, 0.25) is 5.91 Å². The van der Waals surface area contributed by atoms with Gasteiger partial charge in [0.1, 0.15) is 5.82 Å². The van der Waals surface area contributed by atoms with E-state index < -0.39 is 0 Å². The molecular weight excluding hydrogens is 389 g/mol. The minimum atomic E-state index is -0.280. The molecule has 0 saturated carbocycles. The topological polar surface area (TPSA) is 55.4 Å². The van der Waals surface area contributed by atoms with E-state index in [1.807, 2.05) is 0 Å². The maximum atomic E-state index is 13.3. The molecule has 0 atom stereocenters. The van der Waals surface area contributed by atoms with E-state index in [2.05, 4.69) is 5.32 Å². The first-order valence-corrected chi connectivity index (χ1v) is 10.1. The van der Waals surface area contributed by atoms with E-state index >= 15 is 0 Å². The molecule has 0 bridgehead atoms. The standard InChI is InChI=1S/C20H21ClFNO3S/c21-18-7-6-17(27-18)16(24)5-8-19(25)23-13-20(9-11-26-12-10-20)14-1-3-15(22)4-2-14/h1-4,6-7H,5,8-13H2,(H,23,25). The van der Waals surface area contributed by atoms with Gasteiger partial charge in [-0.2, -0.15) is 0 Å². The maximum absolute atomic E-state index is 13.3. The van der Waals surface area contributed by atoms with E-state index in [0.29, 0.717) is 29.0 Å². The SMILES string of the molecule is O=C(CCC(=O)c1ccc(Cl)s1)NCC1(c2ccc(F)cc2)CCOCC1. The molecule has 1 aromatic carbocycles. The summed E-state index contributed by atoms with van der Waals surface area (Å²) in [5, 5.41) is 2.96. The van der Waals surface area contributed by atoms with Gasteiger partial charge in [-0.15, -0.1) is 11.3 Å². The van der Waals surface area contributed by atoms with E-state index in [0.717, 1.165) is 18.4 Å². The zero-order valence-electron chi connectivity index (χ0n) is 14.8. The molecule has 1 aliphatic heterocycles. The van der Waals surface area contributed by atoms with Crippen molar-refractivity contribution in [1.82, 2.24) is 5.32 Å². The lowest BCUT2D eigenvalue weighted by atomic mass is 9.74. The lowest BCUT2D eigenvalue weighted by Crippen LogP contribution is -2.44. The summed E-state index contributed by atoms with van der Waals surface area (Å²) in [7, 11) is 0. The fourth-order valence-electron chi connectivity index (χ4n) is 3.30. The van der Waals surface area contributed by atoms with Crippen LogP contribution in [0.25, 0.3) is 0 Å². The van der Waals surface area contributed by atoms with Crippen LogP contribution in [0.15, 0.2) is 36.4 Å². The van der Waals surface area contributed by atoms with Crippen molar-refractivity contribution in [3.63, 3.8) is 0 Å². The number of rotatable bonds is 7. The number of hydrogen-bond donors (Lipinski definition) is 1. The lowest BCUT2D eigenvalue weighted by Gasteiger charge is -2.38.